The Balaban J connectivity index is 1.97. The zero-order chi connectivity index (χ0) is 22.2. The lowest BCUT2D eigenvalue weighted by molar-refractivity contribution is -0.240. The van der Waals surface area contributed by atoms with Crippen LogP contribution in [0, 0.1) is 34.5 Å². The molecule has 7 nitrogen and oxygen atoms in total. The maximum atomic E-state index is 13.8. The number of Topliss-reactive ketones (excluding diaryl/α,β-unsaturated/α-hetero) is 2. The minimum absolute atomic E-state index is 0.0243. The van der Waals surface area contributed by atoms with Crippen molar-refractivity contribution in [2.24, 2.45) is 34.5 Å². The predicted octanol–water partition coefficient (Wildman–Crippen LogP) is 2.61. The van der Waals surface area contributed by atoms with E-state index in [0.717, 1.165) is 5.57 Å². The van der Waals surface area contributed by atoms with E-state index in [-0.39, 0.29) is 53.9 Å². The molecule has 1 aliphatic heterocycles. The second kappa shape index (κ2) is 6.66. The first kappa shape index (κ1) is 21.1. The van der Waals surface area contributed by atoms with Gasteiger partial charge in [0.2, 0.25) is 5.78 Å². The summed E-state index contributed by atoms with van der Waals surface area (Å²) in [5.41, 5.74) is -0.850. The zero-order valence-electron chi connectivity index (χ0n) is 18.4. The van der Waals surface area contributed by atoms with Crippen LogP contribution in [-0.4, -0.2) is 42.8 Å². The predicted molar refractivity (Wildman–Crippen MR) is 105 cm³/mol. The van der Waals surface area contributed by atoms with Crippen molar-refractivity contribution in [3.8, 4) is 0 Å². The largest absolute Gasteiger partial charge is 0.493 e. The van der Waals surface area contributed by atoms with Gasteiger partial charge in [0.15, 0.2) is 17.6 Å². The first-order chi connectivity index (χ1) is 14.0. The number of ether oxygens (including phenoxy) is 3. The van der Waals surface area contributed by atoms with Crippen molar-refractivity contribution in [1.82, 2.24) is 0 Å². The average Bonchev–Trinajstić information content (AvgIpc) is 2.64. The molecule has 0 N–H and O–H groups in total. The lowest BCUT2D eigenvalue weighted by Crippen LogP contribution is -2.71. The van der Waals surface area contributed by atoms with Crippen LogP contribution >= 0.6 is 0 Å². The van der Waals surface area contributed by atoms with Gasteiger partial charge in [-0.3, -0.25) is 19.2 Å². The molecule has 0 aromatic heterocycles. The second-order valence-electron chi connectivity index (χ2n) is 9.96. The Hall–Kier alpha value is -2.18. The molecule has 0 unspecified atom stereocenters. The van der Waals surface area contributed by atoms with Crippen LogP contribution in [0.1, 0.15) is 53.9 Å². The summed E-state index contributed by atoms with van der Waals surface area (Å²) in [6, 6.07) is 0. The van der Waals surface area contributed by atoms with Gasteiger partial charge >= 0.3 is 11.9 Å². The number of allylic oxidation sites excluding steroid dienone is 2. The van der Waals surface area contributed by atoms with Gasteiger partial charge in [0.05, 0.1) is 13.5 Å². The number of fused-ring (bicyclic) bond motifs is 2. The highest BCUT2D eigenvalue weighted by Gasteiger charge is 2.73. The van der Waals surface area contributed by atoms with Crippen LogP contribution < -0.4 is 0 Å². The van der Waals surface area contributed by atoms with Crippen LogP contribution in [0.5, 0.6) is 0 Å². The van der Waals surface area contributed by atoms with E-state index in [0.29, 0.717) is 6.42 Å². The summed E-state index contributed by atoms with van der Waals surface area (Å²) in [5.74, 6) is -1.94. The Labute approximate surface area is 176 Å². The molecule has 1 heterocycles. The van der Waals surface area contributed by atoms with E-state index in [4.69, 9.17) is 14.2 Å². The molecule has 3 aliphatic carbocycles. The Morgan fingerprint density at radius 2 is 1.80 bits per heavy atom. The molecule has 0 aromatic carbocycles. The Bertz CT molecular complexity index is 873. The van der Waals surface area contributed by atoms with E-state index in [1.165, 1.54) is 14.0 Å². The van der Waals surface area contributed by atoms with E-state index < -0.39 is 34.9 Å². The fourth-order valence-corrected chi connectivity index (χ4v) is 7.40. The van der Waals surface area contributed by atoms with E-state index in [2.05, 4.69) is 0 Å². The van der Waals surface area contributed by atoms with Crippen LogP contribution in [0.15, 0.2) is 11.3 Å². The van der Waals surface area contributed by atoms with Gasteiger partial charge in [-0.25, -0.2) is 0 Å². The summed E-state index contributed by atoms with van der Waals surface area (Å²) < 4.78 is 17.0. The van der Waals surface area contributed by atoms with Gasteiger partial charge in [0, 0.05) is 36.0 Å². The first-order valence-corrected chi connectivity index (χ1v) is 10.7. The summed E-state index contributed by atoms with van der Waals surface area (Å²) in [7, 11) is 1.46. The summed E-state index contributed by atoms with van der Waals surface area (Å²) >= 11 is 0. The first-order valence-electron chi connectivity index (χ1n) is 10.7. The van der Waals surface area contributed by atoms with Gasteiger partial charge < -0.3 is 14.2 Å². The van der Waals surface area contributed by atoms with Crippen LogP contribution in [-0.2, 0) is 33.4 Å². The topological polar surface area (TPSA) is 96.0 Å². The minimum atomic E-state index is -1.00. The molecule has 3 fully saturated rings. The number of methoxy groups -OCH3 is 1. The minimum Gasteiger partial charge on any atom is -0.493 e. The highest BCUT2D eigenvalue weighted by Crippen LogP contribution is 2.68. The van der Waals surface area contributed by atoms with Gasteiger partial charge in [0.1, 0.15) is 6.10 Å². The number of carbonyl (C=O) groups excluding carboxylic acids is 4. The van der Waals surface area contributed by atoms with Gasteiger partial charge in [-0.1, -0.05) is 20.8 Å². The van der Waals surface area contributed by atoms with Crippen molar-refractivity contribution in [2.75, 3.05) is 7.11 Å². The lowest BCUT2D eigenvalue weighted by Gasteiger charge is -2.66. The molecule has 4 aliphatic rings. The van der Waals surface area contributed by atoms with Gasteiger partial charge in [-0.2, -0.15) is 0 Å². The summed E-state index contributed by atoms with van der Waals surface area (Å²) in [6.45, 7) is 9.01. The van der Waals surface area contributed by atoms with E-state index >= 15 is 0 Å². The normalized spacial score (nSPS) is 45.3. The number of esters is 2. The molecule has 0 aromatic rings. The Morgan fingerprint density at radius 3 is 2.40 bits per heavy atom. The van der Waals surface area contributed by atoms with E-state index in [1.54, 1.807) is 0 Å². The van der Waals surface area contributed by atoms with Crippen molar-refractivity contribution in [1.29, 1.82) is 0 Å². The molecule has 30 heavy (non-hydrogen) atoms. The molecule has 164 valence electrons. The smallest absolute Gasteiger partial charge is 0.306 e. The van der Waals surface area contributed by atoms with Gasteiger partial charge in [0.25, 0.3) is 0 Å². The standard InChI is InChI=1S/C23H30O7/c1-10-7-15(25)21(29-12(3)24)23(5)13(10)8-16-22(4)14(9-17(26)30-16)11(2)19(28-6)18(27)20(22)23/h10,13-14,16,20-21H,7-9H2,1-6H3/t10-,13+,14+,16-,20+,21+,22-,23+/m1/s1. The van der Waals surface area contributed by atoms with Crippen LogP contribution in [0.25, 0.3) is 0 Å². The fraction of sp³-hybridized carbons (Fsp3) is 0.739. The zero-order valence-corrected chi connectivity index (χ0v) is 18.4. The summed E-state index contributed by atoms with van der Waals surface area (Å²) in [5, 5.41) is 0. The SMILES string of the molecule is COC1=C(C)[C@@H]2CC(=O)O[C@@H]3C[C@H]4[C@H](C)CC(=O)[C@H](OC(C)=O)[C@]4(C)[C@@H](C1=O)[C@@]32C. The average molecular weight is 418 g/mol. The Morgan fingerprint density at radius 1 is 1.13 bits per heavy atom. The van der Waals surface area contributed by atoms with E-state index in [1.807, 2.05) is 27.7 Å². The molecule has 0 radical (unpaired) electrons. The lowest BCUT2D eigenvalue weighted by atomic mass is 9.39. The third kappa shape index (κ3) is 2.50. The second-order valence-corrected chi connectivity index (χ2v) is 9.96. The van der Waals surface area contributed by atoms with Crippen LogP contribution in [0.3, 0.4) is 0 Å². The quantitative estimate of drug-likeness (QED) is 0.636. The molecule has 7 heteroatoms. The Kier molecular flexibility index (Phi) is 4.68. The van der Waals surface area contributed by atoms with Crippen LogP contribution in [0.2, 0.25) is 0 Å². The molecule has 0 spiro atoms. The highest BCUT2D eigenvalue weighted by atomic mass is 16.6. The molecular formula is C23H30O7. The van der Waals surface area contributed by atoms with Crippen molar-refractivity contribution < 1.29 is 33.4 Å². The van der Waals surface area contributed by atoms with Crippen molar-refractivity contribution in [3.05, 3.63) is 11.3 Å². The molecule has 0 bridgehead atoms. The van der Waals surface area contributed by atoms with Crippen molar-refractivity contribution in [2.45, 2.75) is 66.1 Å². The number of ketones is 2. The number of hydrogen-bond acceptors (Lipinski definition) is 7. The third-order valence-corrected chi connectivity index (χ3v) is 8.52. The van der Waals surface area contributed by atoms with Crippen LogP contribution in [0.4, 0.5) is 0 Å². The summed E-state index contributed by atoms with van der Waals surface area (Å²) in [4.78, 5) is 51.3. The number of carbonyl (C=O) groups is 4. The van der Waals surface area contributed by atoms with Gasteiger partial charge in [-0.05, 0) is 30.8 Å². The number of hydrogen-bond donors (Lipinski definition) is 0. The monoisotopic (exact) mass is 418 g/mol. The molecule has 0 amide bonds. The molecule has 2 saturated carbocycles. The maximum absolute atomic E-state index is 13.8. The number of rotatable bonds is 2. The van der Waals surface area contributed by atoms with Crippen molar-refractivity contribution in [3.63, 3.8) is 0 Å². The van der Waals surface area contributed by atoms with E-state index in [9.17, 15) is 19.2 Å². The van der Waals surface area contributed by atoms with Gasteiger partial charge in [-0.15, -0.1) is 0 Å². The maximum Gasteiger partial charge on any atom is 0.306 e. The van der Waals surface area contributed by atoms with Crippen molar-refractivity contribution >= 4 is 23.5 Å². The fourth-order valence-electron chi connectivity index (χ4n) is 7.40. The third-order valence-electron chi connectivity index (χ3n) is 8.52. The highest BCUT2D eigenvalue weighted by molar-refractivity contribution is 6.00. The molecule has 4 rings (SSSR count). The summed E-state index contributed by atoms with van der Waals surface area (Å²) in [6.07, 6.45) is -0.458. The molecular weight excluding hydrogens is 388 g/mol. The molecule has 8 atom stereocenters. The molecule has 1 saturated heterocycles.